The minimum absolute atomic E-state index is 0.439. The van der Waals surface area contributed by atoms with Crippen LogP contribution in [0.4, 0.5) is 13.2 Å². The van der Waals surface area contributed by atoms with Crippen LogP contribution in [0.1, 0.15) is 26.7 Å². The molecule has 2 aromatic rings. The lowest BCUT2D eigenvalue weighted by Gasteiger charge is -2.13. The fourth-order valence-electron chi connectivity index (χ4n) is 1.81. The molecule has 20 heavy (non-hydrogen) atoms. The zero-order valence-corrected chi connectivity index (χ0v) is 10.8. The molecule has 0 spiro atoms. The molecule has 1 unspecified atom stereocenters. The molecule has 102 valence electrons. The molecule has 0 amide bonds. The van der Waals surface area contributed by atoms with Crippen LogP contribution < -0.4 is 0 Å². The molecule has 0 saturated carbocycles. The number of thiophene rings is 1. The summed E-state index contributed by atoms with van der Waals surface area (Å²) >= 11 is 1.17. The van der Waals surface area contributed by atoms with Crippen molar-refractivity contribution < 1.29 is 18.0 Å². The summed E-state index contributed by atoms with van der Waals surface area (Å²) in [5.41, 5.74) is -1.48. The molecule has 0 fully saturated rings. The van der Waals surface area contributed by atoms with Gasteiger partial charge in [-0.05, 0) is 17.5 Å². The highest BCUT2D eigenvalue weighted by Crippen LogP contribution is 2.34. The molecule has 0 aliphatic heterocycles. The van der Waals surface area contributed by atoms with Crippen LogP contribution >= 0.6 is 11.3 Å². The van der Waals surface area contributed by atoms with E-state index in [9.17, 15) is 18.0 Å². The Bertz CT molecular complexity index is 656. The third-order valence-corrected chi connectivity index (χ3v) is 3.65. The van der Waals surface area contributed by atoms with E-state index in [1.807, 2.05) is 0 Å². The smallest absolute Gasteiger partial charge is 0.292 e. The Labute approximate surface area is 117 Å². The van der Waals surface area contributed by atoms with Gasteiger partial charge in [0.25, 0.3) is 0 Å². The summed E-state index contributed by atoms with van der Waals surface area (Å²) in [5, 5.41) is 10.7. The van der Waals surface area contributed by atoms with Gasteiger partial charge in [0.1, 0.15) is 5.92 Å². The second kappa shape index (κ2) is 5.47. The summed E-state index contributed by atoms with van der Waals surface area (Å²) in [5.74, 6) is -2.04. The van der Waals surface area contributed by atoms with E-state index in [2.05, 4.69) is 0 Å². The maximum Gasteiger partial charge on any atom is 0.417 e. The fourth-order valence-corrected chi connectivity index (χ4v) is 2.57. The van der Waals surface area contributed by atoms with Crippen molar-refractivity contribution in [2.75, 3.05) is 0 Å². The number of hydrogen-bond acceptors (Lipinski definition) is 3. The van der Waals surface area contributed by atoms with E-state index in [1.54, 1.807) is 23.6 Å². The Morgan fingerprint density at radius 3 is 2.45 bits per heavy atom. The molecule has 1 heterocycles. The lowest BCUT2D eigenvalue weighted by atomic mass is 9.93. The van der Waals surface area contributed by atoms with Crippen molar-refractivity contribution in [3.63, 3.8) is 0 Å². The summed E-state index contributed by atoms with van der Waals surface area (Å²) in [7, 11) is 0. The van der Waals surface area contributed by atoms with Gasteiger partial charge < -0.3 is 0 Å². The molecule has 0 radical (unpaired) electrons. The van der Waals surface area contributed by atoms with E-state index in [4.69, 9.17) is 5.26 Å². The van der Waals surface area contributed by atoms with Crippen molar-refractivity contribution in [2.45, 2.75) is 12.1 Å². The lowest BCUT2D eigenvalue weighted by molar-refractivity contribution is -0.137. The predicted octanol–water partition coefficient (Wildman–Crippen LogP) is 4.26. The molecule has 1 aromatic heterocycles. The summed E-state index contributed by atoms with van der Waals surface area (Å²) in [6.45, 7) is 0. The van der Waals surface area contributed by atoms with Crippen molar-refractivity contribution >= 4 is 17.1 Å². The average Bonchev–Trinajstić information content (AvgIpc) is 2.92. The number of Topliss-reactive ketones (excluding diaryl/α,β-unsaturated/α-hetero) is 1. The van der Waals surface area contributed by atoms with Crippen molar-refractivity contribution in [1.29, 1.82) is 5.26 Å². The van der Waals surface area contributed by atoms with Crippen molar-refractivity contribution in [1.82, 2.24) is 0 Å². The molecule has 0 aliphatic carbocycles. The Morgan fingerprint density at radius 1 is 1.20 bits per heavy atom. The Morgan fingerprint density at radius 2 is 1.90 bits per heavy atom. The highest BCUT2D eigenvalue weighted by atomic mass is 32.1. The van der Waals surface area contributed by atoms with Crippen LogP contribution in [0.25, 0.3) is 0 Å². The van der Waals surface area contributed by atoms with Crippen molar-refractivity contribution in [3.8, 4) is 6.07 Å². The number of carbonyl (C=O) groups is 1. The van der Waals surface area contributed by atoms with Gasteiger partial charge >= 0.3 is 6.18 Å². The Balaban J connectivity index is 2.47. The number of alkyl halides is 3. The van der Waals surface area contributed by atoms with Gasteiger partial charge in [0.15, 0.2) is 5.78 Å². The van der Waals surface area contributed by atoms with Crippen LogP contribution in [0.15, 0.2) is 41.8 Å². The van der Waals surface area contributed by atoms with E-state index in [0.29, 0.717) is 4.88 Å². The molecule has 1 aromatic carbocycles. The van der Waals surface area contributed by atoms with E-state index in [0.717, 1.165) is 12.1 Å². The first kappa shape index (κ1) is 14.3. The number of hydrogen-bond donors (Lipinski definition) is 0. The van der Waals surface area contributed by atoms with Crippen LogP contribution in [0.2, 0.25) is 0 Å². The van der Waals surface area contributed by atoms with Gasteiger partial charge in [-0.2, -0.15) is 18.4 Å². The number of carbonyl (C=O) groups excluding carboxylic acids is 1. The number of nitrogens with zero attached hydrogens (tertiary/aromatic N) is 1. The monoisotopic (exact) mass is 295 g/mol. The van der Waals surface area contributed by atoms with E-state index in [-0.39, 0.29) is 0 Å². The SMILES string of the molecule is N#CC(C(=O)c1ccccc1C(F)(F)F)c1cccs1. The zero-order valence-electron chi connectivity index (χ0n) is 10.0. The molecule has 0 N–H and O–H groups in total. The normalized spacial score (nSPS) is 12.7. The summed E-state index contributed by atoms with van der Waals surface area (Å²) in [6, 6.07) is 9.49. The van der Waals surface area contributed by atoms with Gasteiger partial charge in [0.2, 0.25) is 0 Å². The number of rotatable bonds is 3. The minimum atomic E-state index is -4.62. The predicted molar refractivity (Wildman–Crippen MR) is 68.4 cm³/mol. The standard InChI is InChI=1S/C14H8F3NOS/c15-14(16,17)11-5-2-1-4-9(11)13(19)10(8-18)12-6-3-7-20-12/h1-7,10H. The number of ketones is 1. The van der Waals surface area contributed by atoms with Gasteiger partial charge in [-0.25, -0.2) is 0 Å². The molecule has 1 atom stereocenters. The molecule has 0 aliphatic rings. The molecule has 2 nitrogen and oxygen atoms in total. The Kier molecular flexibility index (Phi) is 3.91. The van der Waals surface area contributed by atoms with Crippen molar-refractivity contribution in [3.05, 3.63) is 57.8 Å². The van der Waals surface area contributed by atoms with Crippen LogP contribution in [0, 0.1) is 11.3 Å². The zero-order chi connectivity index (χ0) is 14.8. The van der Waals surface area contributed by atoms with Crippen LogP contribution in [0.3, 0.4) is 0 Å². The first-order valence-electron chi connectivity index (χ1n) is 5.58. The fraction of sp³-hybridized carbons (Fsp3) is 0.143. The quantitative estimate of drug-likeness (QED) is 0.794. The first-order chi connectivity index (χ1) is 9.45. The van der Waals surface area contributed by atoms with Crippen molar-refractivity contribution in [2.24, 2.45) is 0 Å². The summed E-state index contributed by atoms with van der Waals surface area (Å²) in [6.07, 6.45) is -4.62. The maximum atomic E-state index is 12.9. The van der Waals surface area contributed by atoms with Gasteiger partial charge in [-0.1, -0.05) is 24.3 Å². The molecule has 0 bridgehead atoms. The second-order valence-electron chi connectivity index (χ2n) is 3.99. The molecule has 0 saturated heterocycles. The summed E-state index contributed by atoms with van der Waals surface area (Å²) in [4.78, 5) is 12.7. The number of benzene rings is 1. The Hall–Kier alpha value is -2.13. The highest BCUT2D eigenvalue weighted by molar-refractivity contribution is 7.10. The third-order valence-electron chi connectivity index (χ3n) is 2.72. The first-order valence-corrected chi connectivity index (χ1v) is 6.46. The molecular weight excluding hydrogens is 287 g/mol. The number of nitriles is 1. The third kappa shape index (κ3) is 2.73. The number of halogens is 3. The highest BCUT2D eigenvalue weighted by Gasteiger charge is 2.36. The van der Waals surface area contributed by atoms with Gasteiger partial charge in [0.05, 0.1) is 11.6 Å². The van der Waals surface area contributed by atoms with Gasteiger partial charge in [0, 0.05) is 10.4 Å². The van der Waals surface area contributed by atoms with E-state index in [1.165, 1.54) is 23.5 Å². The molecule has 6 heteroatoms. The minimum Gasteiger partial charge on any atom is -0.292 e. The average molecular weight is 295 g/mol. The van der Waals surface area contributed by atoms with E-state index < -0.39 is 29.0 Å². The van der Waals surface area contributed by atoms with Gasteiger partial charge in [-0.3, -0.25) is 4.79 Å². The largest absolute Gasteiger partial charge is 0.417 e. The van der Waals surface area contributed by atoms with Crippen LogP contribution in [-0.2, 0) is 6.18 Å². The summed E-state index contributed by atoms with van der Waals surface area (Å²) < 4.78 is 38.7. The van der Waals surface area contributed by atoms with Crippen LogP contribution in [-0.4, -0.2) is 5.78 Å². The maximum absolute atomic E-state index is 12.9. The molecular formula is C14H8F3NOS. The second-order valence-corrected chi connectivity index (χ2v) is 4.96. The lowest BCUT2D eigenvalue weighted by Crippen LogP contribution is -2.17. The van der Waals surface area contributed by atoms with Gasteiger partial charge in [-0.15, -0.1) is 11.3 Å². The van der Waals surface area contributed by atoms with E-state index >= 15 is 0 Å². The van der Waals surface area contributed by atoms with Crippen LogP contribution in [0.5, 0.6) is 0 Å². The topological polar surface area (TPSA) is 40.9 Å². The molecule has 2 rings (SSSR count).